The third-order valence-electron chi connectivity index (χ3n) is 5.91. The van der Waals surface area contributed by atoms with Crippen molar-refractivity contribution in [2.75, 3.05) is 32.8 Å². The smallest absolute Gasteiger partial charge is 0.325 e. The molecule has 0 saturated carbocycles. The molecule has 202 valence electrons. The molecule has 0 saturated heterocycles. The predicted molar refractivity (Wildman–Crippen MR) is 143 cm³/mol. The summed E-state index contributed by atoms with van der Waals surface area (Å²) in [7, 11) is 4.38. The Morgan fingerprint density at radius 1 is 1.03 bits per heavy atom. The Morgan fingerprint density at radius 3 is 2.24 bits per heavy atom. The Morgan fingerprint density at radius 2 is 1.68 bits per heavy atom. The number of ether oxygens (including phenoxy) is 3. The number of methoxy groups -OCH3 is 3. The molecule has 1 atom stereocenters. The van der Waals surface area contributed by atoms with E-state index >= 15 is 0 Å². The number of hydrogen-bond donors (Lipinski definition) is 1. The van der Waals surface area contributed by atoms with E-state index < -0.39 is 17.9 Å². The number of hydrogen-bond acceptors (Lipinski definition) is 7. The molecule has 3 rings (SSSR count). The molecule has 2 amide bonds. The molecule has 0 spiro atoms. The molecule has 0 aliphatic rings. The van der Waals surface area contributed by atoms with Crippen molar-refractivity contribution in [3.05, 3.63) is 60.2 Å². The van der Waals surface area contributed by atoms with Crippen molar-refractivity contribution >= 4 is 24.1 Å². The Hall–Kier alpha value is -4.34. The van der Waals surface area contributed by atoms with Gasteiger partial charge in [0.1, 0.15) is 24.1 Å². The van der Waals surface area contributed by atoms with Gasteiger partial charge >= 0.3 is 5.97 Å². The van der Waals surface area contributed by atoms with Crippen molar-refractivity contribution in [2.45, 2.75) is 32.9 Å². The third kappa shape index (κ3) is 6.70. The van der Waals surface area contributed by atoms with Crippen LogP contribution in [0.1, 0.15) is 19.4 Å². The molecule has 3 aromatic rings. The zero-order valence-corrected chi connectivity index (χ0v) is 22.3. The molecule has 1 aromatic heterocycles. The number of benzene rings is 2. The molecule has 0 aliphatic carbocycles. The van der Waals surface area contributed by atoms with Crippen LogP contribution >= 0.6 is 0 Å². The average molecular weight is 523 g/mol. The van der Waals surface area contributed by atoms with Gasteiger partial charge in [0, 0.05) is 19.0 Å². The summed E-state index contributed by atoms with van der Waals surface area (Å²) in [5.74, 6) is 0.556. The summed E-state index contributed by atoms with van der Waals surface area (Å²) in [6.07, 6.45) is 0.785. The second-order valence-corrected chi connectivity index (χ2v) is 9.01. The van der Waals surface area contributed by atoms with E-state index in [1.54, 1.807) is 25.0 Å². The van der Waals surface area contributed by atoms with Gasteiger partial charge in [-0.15, -0.1) is 0 Å². The molecule has 0 radical (unpaired) electrons. The minimum atomic E-state index is -0.977. The SMILES string of the molecule is COC(=O)CNC(=O)[C@H](Cc1ccccc1)N(C=O)c1cc(-c2c(OC)cccc2OC)n(CC(C)C)n1. The van der Waals surface area contributed by atoms with Gasteiger partial charge in [0.15, 0.2) is 5.82 Å². The maximum Gasteiger partial charge on any atom is 0.325 e. The summed E-state index contributed by atoms with van der Waals surface area (Å²) < 4.78 is 17.7. The van der Waals surface area contributed by atoms with E-state index in [0.717, 1.165) is 5.56 Å². The Bertz CT molecular complexity index is 1220. The molecular weight excluding hydrogens is 488 g/mol. The lowest BCUT2D eigenvalue weighted by molar-refractivity contribution is -0.141. The van der Waals surface area contributed by atoms with Crippen molar-refractivity contribution in [1.29, 1.82) is 0 Å². The second-order valence-electron chi connectivity index (χ2n) is 9.01. The maximum absolute atomic E-state index is 13.3. The van der Waals surface area contributed by atoms with E-state index in [0.29, 0.717) is 35.7 Å². The zero-order valence-electron chi connectivity index (χ0n) is 22.3. The lowest BCUT2D eigenvalue weighted by Crippen LogP contribution is -2.49. The highest BCUT2D eigenvalue weighted by atomic mass is 16.5. The first-order valence-corrected chi connectivity index (χ1v) is 12.2. The number of esters is 1. The summed E-state index contributed by atoms with van der Waals surface area (Å²) >= 11 is 0. The number of rotatable bonds is 13. The number of amides is 2. The number of nitrogens with one attached hydrogen (secondary N) is 1. The van der Waals surface area contributed by atoms with Gasteiger partial charge in [0.25, 0.3) is 0 Å². The molecule has 10 heteroatoms. The summed E-state index contributed by atoms with van der Waals surface area (Å²) in [6, 6.07) is 15.5. The fourth-order valence-electron chi connectivity index (χ4n) is 4.11. The molecule has 1 heterocycles. The normalized spacial score (nSPS) is 11.5. The van der Waals surface area contributed by atoms with Gasteiger partial charge in [-0.2, -0.15) is 5.10 Å². The minimum absolute atomic E-state index is 0.205. The molecule has 2 aromatic carbocycles. The van der Waals surface area contributed by atoms with Crippen LogP contribution in [-0.4, -0.2) is 62.0 Å². The first-order chi connectivity index (χ1) is 18.3. The quantitative estimate of drug-likeness (QED) is 0.271. The Kier molecular flexibility index (Phi) is 9.86. The van der Waals surface area contributed by atoms with Crippen molar-refractivity contribution in [3.8, 4) is 22.8 Å². The van der Waals surface area contributed by atoms with E-state index in [1.165, 1.54) is 12.0 Å². The van der Waals surface area contributed by atoms with Crippen molar-refractivity contribution in [3.63, 3.8) is 0 Å². The largest absolute Gasteiger partial charge is 0.496 e. The van der Waals surface area contributed by atoms with Gasteiger partial charge in [-0.25, -0.2) is 0 Å². The van der Waals surface area contributed by atoms with Crippen molar-refractivity contribution in [1.82, 2.24) is 15.1 Å². The van der Waals surface area contributed by atoms with Crippen molar-refractivity contribution < 1.29 is 28.6 Å². The van der Waals surface area contributed by atoms with Gasteiger partial charge in [-0.3, -0.25) is 24.0 Å². The maximum atomic E-state index is 13.3. The fourth-order valence-corrected chi connectivity index (χ4v) is 4.11. The van der Waals surface area contributed by atoms with Crippen LogP contribution in [0.2, 0.25) is 0 Å². The summed E-state index contributed by atoms with van der Waals surface area (Å²) in [5, 5.41) is 7.31. The molecule has 0 aliphatic heterocycles. The summed E-state index contributed by atoms with van der Waals surface area (Å²) in [4.78, 5) is 38.8. The Labute approximate surface area is 222 Å². The second kappa shape index (κ2) is 13.3. The molecule has 0 unspecified atom stereocenters. The Balaban J connectivity index is 2.11. The van der Waals surface area contributed by atoms with Crippen LogP contribution in [0, 0.1) is 5.92 Å². The highest BCUT2D eigenvalue weighted by Crippen LogP contribution is 2.40. The van der Waals surface area contributed by atoms with E-state index in [2.05, 4.69) is 23.9 Å². The number of carbonyl (C=O) groups excluding carboxylic acids is 3. The van der Waals surface area contributed by atoms with Crippen LogP contribution in [0.5, 0.6) is 11.5 Å². The van der Waals surface area contributed by atoms with Crippen LogP contribution in [0.15, 0.2) is 54.6 Å². The van der Waals surface area contributed by atoms with Gasteiger partial charge in [-0.05, 0) is 23.6 Å². The first kappa shape index (κ1) is 28.2. The predicted octanol–water partition coefficient (Wildman–Crippen LogP) is 3.09. The van der Waals surface area contributed by atoms with Crippen LogP contribution in [0.3, 0.4) is 0 Å². The number of anilines is 1. The lowest BCUT2D eigenvalue weighted by atomic mass is 10.0. The number of aromatic nitrogens is 2. The van der Waals surface area contributed by atoms with E-state index in [1.807, 2.05) is 48.5 Å². The zero-order chi connectivity index (χ0) is 27.7. The summed E-state index contributed by atoms with van der Waals surface area (Å²) in [5.41, 5.74) is 2.19. The number of nitrogens with zero attached hydrogens (tertiary/aromatic N) is 3. The van der Waals surface area contributed by atoms with Crippen LogP contribution in [-0.2, 0) is 32.1 Å². The molecular formula is C28H34N4O6. The molecule has 10 nitrogen and oxygen atoms in total. The molecule has 1 N–H and O–H groups in total. The van der Waals surface area contributed by atoms with Gasteiger partial charge in [0.2, 0.25) is 12.3 Å². The van der Waals surface area contributed by atoms with E-state index in [4.69, 9.17) is 14.6 Å². The third-order valence-corrected chi connectivity index (χ3v) is 5.91. The highest BCUT2D eigenvalue weighted by Gasteiger charge is 2.30. The first-order valence-electron chi connectivity index (χ1n) is 12.2. The molecule has 0 fully saturated rings. The topological polar surface area (TPSA) is 112 Å². The monoisotopic (exact) mass is 522 g/mol. The molecule has 38 heavy (non-hydrogen) atoms. The fraction of sp³-hybridized carbons (Fsp3) is 0.357. The van der Waals surface area contributed by atoms with Crippen LogP contribution in [0.25, 0.3) is 11.3 Å². The van der Waals surface area contributed by atoms with Crippen molar-refractivity contribution in [2.24, 2.45) is 5.92 Å². The van der Waals surface area contributed by atoms with Gasteiger partial charge in [-0.1, -0.05) is 50.2 Å². The average Bonchev–Trinajstić information content (AvgIpc) is 3.33. The lowest BCUT2D eigenvalue weighted by Gasteiger charge is -2.25. The van der Waals surface area contributed by atoms with Gasteiger partial charge in [0.05, 0.1) is 32.6 Å². The van der Waals surface area contributed by atoms with E-state index in [-0.39, 0.29) is 24.7 Å². The van der Waals surface area contributed by atoms with Gasteiger partial charge < -0.3 is 19.5 Å². The standard InChI is InChI=1S/C28H34N4O6/c1-19(2)17-32-21(27-23(36-3)12-9-13-24(27)37-4)15-25(30-32)31(18-33)22(14-20-10-7-6-8-11-20)28(35)29-16-26(34)38-5/h6-13,15,18-19,22H,14,16-17H2,1-5H3,(H,29,35)/t22-/m0/s1. The van der Waals surface area contributed by atoms with Crippen LogP contribution in [0.4, 0.5) is 5.82 Å². The number of carbonyl (C=O) groups is 3. The van der Waals surface area contributed by atoms with E-state index in [9.17, 15) is 14.4 Å². The van der Waals surface area contributed by atoms with Crippen LogP contribution < -0.4 is 19.7 Å². The molecule has 0 bridgehead atoms. The highest BCUT2D eigenvalue weighted by molar-refractivity contribution is 5.94. The summed E-state index contributed by atoms with van der Waals surface area (Å²) in [6.45, 7) is 4.33. The minimum Gasteiger partial charge on any atom is -0.496 e.